The molecule has 158 valence electrons. The lowest BCUT2D eigenvalue weighted by molar-refractivity contribution is 0.0520. The van der Waals surface area contributed by atoms with Crippen molar-refractivity contribution in [2.45, 2.75) is 13.5 Å². The largest absolute Gasteiger partial charge is 0.497 e. The Hall–Kier alpha value is -2.85. The lowest BCUT2D eigenvalue weighted by atomic mass is 10.2. The number of urea groups is 1. The summed E-state index contributed by atoms with van der Waals surface area (Å²) >= 11 is 1.29. The number of benzene rings is 1. The van der Waals surface area contributed by atoms with Crippen molar-refractivity contribution in [3.63, 3.8) is 0 Å². The highest BCUT2D eigenvalue weighted by Gasteiger charge is 2.19. The highest BCUT2D eigenvalue weighted by Crippen LogP contribution is 2.29. The maximum atomic E-state index is 12.8. The summed E-state index contributed by atoms with van der Waals surface area (Å²) in [6, 6.07) is 4.76. The third-order valence-corrected chi connectivity index (χ3v) is 4.70. The Morgan fingerprint density at radius 2 is 2.00 bits per heavy atom. The number of nitrogens with one attached hydrogen (secondary N) is 1. The number of rotatable bonds is 10. The zero-order valence-electron chi connectivity index (χ0n) is 16.9. The van der Waals surface area contributed by atoms with Gasteiger partial charge in [-0.15, -0.1) is 11.3 Å². The zero-order valence-corrected chi connectivity index (χ0v) is 17.7. The number of anilines is 1. The Bertz CT molecular complexity index is 826. The second kappa shape index (κ2) is 11.2. The fraction of sp³-hybridized carbons (Fsp3) is 0.421. The minimum Gasteiger partial charge on any atom is -0.497 e. The van der Waals surface area contributed by atoms with Crippen LogP contribution in [0.2, 0.25) is 0 Å². The van der Waals surface area contributed by atoms with E-state index in [1.165, 1.54) is 18.4 Å². The molecule has 2 amide bonds. The molecule has 0 aliphatic rings. The predicted molar refractivity (Wildman–Crippen MR) is 109 cm³/mol. The number of ether oxygens (including phenoxy) is 4. The van der Waals surface area contributed by atoms with Crippen molar-refractivity contribution in [3.05, 3.63) is 34.3 Å². The molecule has 2 aromatic rings. The molecule has 0 aliphatic heterocycles. The molecule has 2 rings (SSSR count). The van der Waals surface area contributed by atoms with Gasteiger partial charge in [-0.1, -0.05) is 0 Å². The van der Waals surface area contributed by atoms with Gasteiger partial charge in [0.15, 0.2) is 5.69 Å². The van der Waals surface area contributed by atoms with Gasteiger partial charge in [-0.2, -0.15) is 0 Å². The average Bonchev–Trinajstić information content (AvgIpc) is 3.20. The number of amides is 2. The first-order valence-electron chi connectivity index (χ1n) is 8.90. The summed E-state index contributed by atoms with van der Waals surface area (Å²) < 4.78 is 20.5. The van der Waals surface area contributed by atoms with Gasteiger partial charge in [-0.05, 0) is 19.1 Å². The van der Waals surface area contributed by atoms with Crippen LogP contribution in [0, 0.1) is 0 Å². The second-order valence-corrected chi connectivity index (χ2v) is 6.70. The third kappa shape index (κ3) is 6.33. The van der Waals surface area contributed by atoms with Crippen LogP contribution in [-0.4, -0.2) is 63.0 Å². The van der Waals surface area contributed by atoms with Crippen molar-refractivity contribution in [2.24, 2.45) is 0 Å². The van der Waals surface area contributed by atoms with Crippen LogP contribution in [-0.2, 0) is 16.0 Å². The Morgan fingerprint density at radius 3 is 2.66 bits per heavy atom. The lowest BCUT2D eigenvalue weighted by Crippen LogP contribution is -2.37. The minimum absolute atomic E-state index is 0.220. The maximum Gasteiger partial charge on any atom is 0.357 e. The minimum atomic E-state index is -0.481. The van der Waals surface area contributed by atoms with Crippen molar-refractivity contribution >= 4 is 29.0 Å². The van der Waals surface area contributed by atoms with Crippen LogP contribution in [0.4, 0.5) is 10.5 Å². The fourth-order valence-electron chi connectivity index (χ4n) is 2.40. The van der Waals surface area contributed by atoms with E-state index in [4.69, 9.17) is 18.9 Å². The number of hydrogen-bond donors (Lipinski definition) is 1. The fourth-order valence-corrected chi connectivity index (χ4v) is 3.17. The van der Waals surface area contributed by atoms with Crippen molar-refractivity contribution < 1.29 is 28.5 Å². The van der Waals surface area contributed by atoms with E-state index in [2.05, 4.69) is 10.3 Å². The Labute approximate surface area is 173 Å². The topological polar surface area (TPSA) is 99.2 Å². The number of thiazole rings is 1. The SMILES string of the molecule is CCOC(=O)c1csc(CN(CCOC)C(=O)Nc2ccc(OC)cc2OC)n1. The van der Waals surface area contributed by atoms with Gasteiger partial charge in [0.1, 0.15) is 16.5 Å². The summed E-state index contributed by atoms with van der Waals surface area (Å²) in [5.74, 6) is 0.611. The number of nitrogens with zero attached hydrogens (tertiary/aromatic N) is 2. The standard InChI is InChI=1S/C19H25N3O6S/c1-5-28-18(23)15-12-29-17(20-15)11-22(8-9-25-2)19(24)21-14-7-6-13(26-3)10-16(14)27-4/h6-7,10,12H,5,8-9,11H2,1-4H3,(H,21,24). The van der Waals surface area contributed by atoms with Crippen LogP contribution < -0.4 is 14.8 Å². The highest BCUT2D eigenvalue weighted by atomic mass is 32.1. The van der Waals surface area contributed by atoms with Gasteiger partial charge in [0.25, 0.3) is 0 Å². The number of methoxy groups -OCH3 is 3. The molecular formula is C19H25N3O6S. The van der Waals surface area contributed by atoms with E-state index in [1.54, 1.807) is 49.6 Å². The molecule has 0 aliphatic carbocycles. The summed E-state index contributed by atoms with van der Waals surface area (Å²) in [6.07, 6.45) is 0. The molecule has 1 aromatic heterocycles. The van der Waals surface area contributed by atoms with Crippen LogP contribution in [0.1, 0.15) is 22.4 Å². The first-order chi connectivity index (χ1) is 14.0. The summed E-state index contributed by atoms with van der Waals surface area (Å²) in [6.45, 7) is 2.92. The van der Waals surface area contributed by atoms with Gasteiger partial charge >= 0.3 is 12.0 Å². The van der Waals surface area contributed by atoms with E-state index in [1.807, 2.05) is 0 Å². The van der Waals surface area contributed by atoms with Gasteiger partial charge in [-0.3, -0.25) is 0 Å². The highest BCUT2D eigenvalue weighted by molar-refractivity contribution is 7.09. The molecule has 0 atom stereocenters. The molecule has 0 bridgehead atoms. The van der Waals surface area contributed by atoms with Crippen molar-refractivity contribution in [1.29, 1.82) is 0 Å². The predicted octanol–water partition coefficient (Wildman–Crippen LogP) is 3.02. The van der Waals surface area contributed by atoms with E-state index < -0.39 is 5.97 Å². The molecule has 1 heterocycles. The smallest absolute Gasteiger partial charge is 0.357 e. The number of carbonyl (C=O) groups is 2. The number of carbonyl (C=O) groups excluding carboxylic acids is 2. The average molecular weight is 423 g/mol. The Morgan fingerprint density at radius 1 is 1.21 bits per heavy atom. The summed E-state index contributed by atoms with van der Waals surface area (Å²) in [4.78, 5) is 30.5. The molecule has 1 aromatic carbocycles. The molecular weight excluding hydrogens is 398 g/mol. The third-order valence-electron chi connectivity index (χ3n) is 3.87. The molecule has 1 N–H and O–H groups in total. The van der Waals surface area contributed by atoms with Gasteiger partial charge in [-0.25, -0.2) is 14.6 Å². The Balaban J connectivity index is 2.13. The molecule has 0 saturated carbocycles. The van der Waals surface area contributed by atoms with Gasteiger partial charge in [0.05, 0.1) is 39.7 Å². The van der Waals surface area contributed by atoms with Crippen LogP contribution in [0.5, 0.6) is 11.5 Å². The van der Waals surface area contributed by atoms with Gasteiger partial charge < -0.3 is 29.2 Å². The maximum absolute atomic E-state index is 12.8. The van der Waals surface area contributed by atoms with Crippen molar-refractivity contribution in [1.82, 2.24) is 9.88 Å². The van der Waals surface area contributed by atoms with E-state index >= 15 is 0 Å². The molecule has 9 nitrogen and oxygen atoms in total. The Kier molecular flexibility index (Phi) is 8.68. The molecule has 0 radical (unpaired) electrons. The van der Waals surface area contributed by atoms with Crippen LogP contribution >= 0.6 is 11.3 Å². The molecule has 0 unspecified atom stereocenters. The summed E-state index contributed by atoms with van der Waals surface area (Å²) in [5, 5.41) is 5.06. The first-order valence-corrected chi connectivity index (χ1v) is 9.78. The van der Waals surface area contributed by atoms with E-state index in [-0.39, 0.29) is 24.9 Å². The quantitative estimate of drug-likeness (QED) is 0.587. The monoisotopic (exact) mass is 423 g/mol. The lowest BCUT2D eigenvalue weighted by Gasteiger charge is -2.22. The van der Waals surface area contributed by atoms with Crippen LogP contribution in [0.3, 0.4) is 0 Å². The van der Waals surface area contributed by atoms with E-state index in [0.717, 1.165) is 0 Å². The molecule has 0 saturated heterocycles. The molecule has 29 heavy (non-hydrogen) atoms. The van der Waals surface area contributed by atoms with Crippen molar-refractivity contribution in [3.8, 4) is 11.5 Å². The normalized spacial score (nSPS) is 10.3. The van der Waals surface area contributed by atoms with Crippen LogP contribution in [0.15, 0.2) is 23.6 Å². The van der Waals surface area contributed by atoms with Gasteiger partial charge in [0, 0.05) is 25.1 Å². The molecule has 0 fully saturated rings. The number of esters is 1. The van der Waals surface area contributed by atoms with E-state index in [0.29, 0.717) is 35.3 Å². The summed E-state index contributed by atoms with van der Waals surface area (Å²) in [5.41, 5.74) is 0.739. The van der Waals surface area contributed by atoms with Crippen molar-refractivity contribution in [2.75, 3.05) is 46.4 Å². The molecule has 10 heteroatoms. The van der Waals surface area contributed by atoms with E-state index in [9.17, 15) is 9.59 Å². The van der Waals surface area contributed by atoms with Crippen LogP contribution in [0.25, 0.3) is 0 Å². The number of hydrogen-bond acceptors (Lipinski definition) is 8. The zero-order chi connectivity index (χ0) is 21.2. The summed E-state index contributed by atoms with van der Waals surface area (Å²) in [7, 11) is 4.63. The first kappa shape index (κ1) is 22.4. The number of aromatic nitrogens is 1. The second-order valence-electron chi connectivity index (χ2n) is 5.76. The molecule has 0 spiro atoms. The van der Waals surface area contributed by atoms with Gasteiger partial charge in [0.2, 0.25) is 0 Å².